The van der Waals surface area contributed by atoms with Crippen LogP contribution < -0.4 is 10.1 Å². The van der Waals surface area contributed by atoms with Crippen molar-refractivity contribution in [2.45, 2.75) is 6.42 Å². The molecule has 1 heterocycles. The number of carbonyl (C=O) groups is 2. The van der Waals surface area contributed by atoms with Crippen LogP contribution in [0, 0.1) is 0 Å². The Morgan fingerprint density at radius 2 is 1.82 bits per heavy atom. The van der Waals surface area contributed by atoms with Crippen molar-refractivity contribution in [1.29, 1.82) is 0 Å². The first kappa shape index (κ1) is 19.9. The Hall–Kier alpha value is -2.90. The Labute approximate surface area is 171 Å². The van der Waals surface area contributed by atoms with Crippen LogP contribution in [-0.4, -0.2) is 30.6 Å². The number of benzene rings is 2. The number of aromatic nitrogens is 1. The Kier molecular flexibility index (Phi) is 6.62. The van der Waals surface area contributed by atoms with Gasteiger partial charge in [0.25, 0.3) is 5.91 Å². The second-order valence-electron chi connectivity index (χ2n) is 5.70. The molecular formula is C20H17ClN2O4S. The van der Waals surface area contributed by atoms with E-state index in [9.17, 15) is 9.59 Å². The first-order chi connectivity index (χ1) is 13.5. The van der Waals surface area contributed by atoms with Gasteiger partial charge in [-0.1, -0.05) is 41.9 Å². The highest BCUT2D eigenvalue weighted by molar-refractivity contribution is 7.16. The molecule has 1 aromatic heterocycles. The number of methoxy groups -OCH3 is 1. The summed E-state index contributed by atoms with van der Waals surface area (Å²) in [5, 5.41) is 3.69. The highest BCUT2D eigenvalue weighted by Gasteiger charge is 2.18. The molecule has 0 aliphatic carbocycles. The lowest BCUT2D eigenvalue weighted by molar-refractivity contribution is -0.139. The minimum Gasteiger partial charge on any atom is -0.484 e. The zero-order valence-corrected chi connectivity index (χ0v) is 16.5. The van der Waals surface area contributed by atoms with Crippen molar-refractivity contribution in [2.75, 3.05) is 19.0 Å². The van der Waals surface area contributed by atoms with Crippen LogP contribution in [0.3, 0.4) is 0 Å². The summed E-state index contributed by atoms with van der Waals surface area (Å²) in [6.07, 6.45) is 0.0789. The van der Waals surface area contributed by atoms with E-state index in [-0.39, 0.29) is 24.9 Å². The van der Waals surface area contributed by atoms with E-state index in [4.69, 9.17) is 21.1 Å². The molecule has 0 radical (unpaired) electrons. The van der Waals surface area contributed by atoms with Crippen LogP contribution in [0.15, 0.2) is 54.6 Å². The molecule has 6 nitrogen and oxygen atoms in total. The van der Waals surface area contributed by atoms with E-state index in [0.29, 0.717) is 26.5 Å². The monoisotopic (exact) mass is 416 g/mol. The molecule has 0 saturated carbocycles. The molecule has 3 aromatic rings. The molecule has 0 fully saturated rings. The molecule has 0 saturated heterocycles. The lowest BCUT2D eigenvalue weighted by atomic mass is 10.1. The first-order valence-corrected chi connectivity index (χ1v) is 9.55. The first-order valence-electron chi connectivity index (χ1n) is 8.35. The molecule has 0 aliphatic rings. The minimum absolute atomic E-state index is 0.0789. The molecule has 0 spiro atoms. The SMILES string of the molecule is COC(=O)Cc1sc(NC(=O)COc2ccc(Cl)cc2)nc1-c1ccccc1. The van der Waals surface area contributed by atoms with Gasteiger partial charge in [0, 0.05) is 15.5 Å². The van der Waals surface area contributed by atoms with Gasteiger partial charge < -0.3 is 9.47 Å². The van der Waals surface area contributed by atoms with Gasteiger partial charge in [-0.2, -0.15) is 0 Å². The van der Waals surface area contributed by atoms with Crippen molar-refractivity contribution in [3.8, 4) is 17.0 Å². The molecule has 1 amide bonds. The number of nitrogens with one attached hydrogen (secondary N) is 1. The number of ether oxygens (including phenoxy) is 2. The second-order valence-corrected chi connectivity index (χ2v) is 7.22. The van der Waals surface area contributed by atoms with Gasteiger partial charge in [0.05, 0.1) is 19.2 Å². The number of rotatable bonds is 7. The van der Waals surface area contributed by atoms with Crippen LogP contribution in [0.2, 0.25) is 5.02 Å². The van der Waals surface area contributed by atoms with Gasteiger partial charge in [0.2, 0.25) is 0 Å². The number of amides is 1. The molecule has 0 aliphatic heterocycles. The molecule has 1 N–H and O–H groups in total. The number of esters is 1. The fourth-order valence-electron chi connectivity index (χ4n) is 2.38. The van der Waals surface area contributed by atoms with Crippen LogP contribution in [0.25, 0.3) is 11.3 Å². The molecule has 8 heteroatoms. The van der Waals surface area contributed by atoms with Gasteiger partial charge in [0.15, 0.2) is 11.7 Å². The Morgan fingerprint density at radius 3 is 2.50 bits per heavy atom. The van der Waals surface area contributed by atoms with E-state index in [1.807, 2.05) is 30.3 Å². The quantitative estimate of drug-likeness (QED) is 0.584. The molecular weight excluding hydrogens is 400 g/mol. The fraction of sp³-hybridized carbons (Fsp3) is 0.150. The summed E-state index contributed by atoms with van der Waals surface area (Å²) in [4.78, 5) is 29.1. The number of anilines is 1. The summed E-state index contributed by atoms with van der Waals surface area (Å²) in [7, 11) is 1.34. The molecule has 0 bridgehead atoms. The largest absolute Gasteiger partial charge is 0.484 e. The molecule has 144 valence electrons. The molecule has 2 aromatic carbocycles. The summed E-state index contributed by atoms with van der Waals surface area (Å²) in [6, 6.07) is 16.2. The van der Waals surface area contributed by atoms with Gasteiger partial charge in [-0.3, -0.25) is 14.9 Å². The number of thiazole rings is 1. The van der Waals surface area contributed by atoms with Crippen LogP contribution in [-0.2, 0) is 20.7 Å². The van der Waals surface area contributed by atoms with E-state index in [1.54, 1.807) is 24.3 Å². The van der Waals surface area contributed by atoms with Gasteiger partial charge in [-0.05, 0) is 24.3 Å². The maximum atomic E-state index is 12.2. The molecule has 0 atom stereocenters. The summed E-state index contributed by atoms with van der Waals surface area (Å²) in [6.45, 7) is -0.172. The van der Waals surface area contributed by atoms with Crippen LogP contribution in [0.1, 0.15) is 4.88 Å². The van der Waals surface area contributed by atoms with Crippen LogP contribution in [0.5, 0.6) is 5.75 Å². The number of hydrogen-bond donors (Lipinski definition) is 1. The van der Waals surface area contributed by atoms with Crippen molar-refractivity contribution >= 4 is 39.9 Å². The normalized spacial score (nSPS) is 10.4. The predicted octanol–water partition coefficient (Wildman–Crippen LogP) is 4.20. The summed E-state index contributed by atoms with van der Waals surface area (Å²) in [5.41, 5.74) is 1.50. The molecule has 3 rings (SSSR count). The van der Waals surface area contributed by atoms with Crippen molar-refractivity contribution in [2.24, 2.45) is 0 Å². The average Bonchev–Trinajstić information content (AvgIpc) is 3.10. The minimum atomic E-state index is -0.371. The average molecular weight is 417 g/mol. The number of halogens is 1. The van der Waals surface area contributed by atoms with Gasteiger partial charge in [0.1, 0.15) is 5.75 Å². The van der Waals surface area contributed by atoms with E-state index in [0.717, 1.165) is 5.56 Å². The fourth-order valence-corrected chi connectivity index (χ4v) is 3.50. The second kappa shape index (κ2) is 9.34. The lowest BCUT2D eigenvalue weighted by Crippen LogP contribution is -2.20. The van der Waals surface area contributed by atoms with Gasteiger partial charge >= 0.3 is 5.97 Å². The standard InChI is InChI=1S/C20H17ClN2O4S/c1-26-18(25)11-16-19(13-5-3-2-4-6-13)23-20(28-16)22-17(24)12-27-15-9-7-14(21)8-10-15/h2-10H,11-12H2,1H3,(H,22,23,24). The van der Waals surface area contributed by atoms with Gasteiger partial charge in [-0.25, -0.2) is 4.98 Å². The zero-order valence-electron chi connectivity index (χ0n) is 15.0. The van der Waals surface area contributed by atoms with Gasteiger partial charge in [-0.15, -0.1) is 11.3 Å². The topological polar surface area (TPSA) is 77.5 Å². The van der Waals surface area contributed by atoms with E-state index in [2.05, 4.69) is 10.3 Å². The van der Waals surface area contributed by atoms with E-state index in [1.165, 1.54) is 18.4 Å². The summed E-state index contributed by atoms with van der Waals surface area (Å²) >= 11 is 7.05. The van der Waals surface area contributed by atoms with Crippen LogP contribution >= 0.6 is 22.9 Å². The number of hydrogen-bond acceptors (Lipinski definition) is 6. The Balaban J connectivity index is 1.71. The third-order valence-corrected chi connectivity index (χ3v) is 4.93. The van der Waals surface area contributed by atoms with Crippen molar-refractivity contribution in [3.05, 3.63) is 64.5 Å². The third kappa shape index (κ3) is 5.31. The third-order valence-electron chi connectivity index (χ3n) is 3.71. The number of carbonyl (C=O) groups excluding carboxylic acids is 2. The predicted molar refractivity (Wildman–Crippen MR) is 109 cm³/mol. The van der Waals surface area contributed by atoms with E-state index < -0.39 is 0 Å². The zero-order chi connectivity index (χ0) is 19.9. The highest BCUT2D eigenvalue weighted by atomic mass is 35.5. The highest BCUT2D eigenvalue weighted by Crippen LogP contribution is 2.31. The maximum absolute atomic E-state index is 12.2. The molecule has 28 heavy (non-hydrogen) atoms. The Morgan fingerprint density at radius 1 is 1.11 bits per heavy atom. The Bertz CT molecular complexity index is 958. The maximum Gasteiger partial charge on any atom is 0.310 e. The van der Waals surface area contributed by atoms with Crippen LogP contribution in [0.4, 0.5) is 5.13 Å². The molecule has 0 unspecified atom stereocenters. The van der Waals surface area contributed by atoms with Crippen molar-refractivity contribution in [1.82, 2.24) is 4.98 Å². The smallest absolute Gasteiger partial charge is 0.310 e. The summed E-state index contributed by atoms with van der Waals surface area (Å²) in [5.74, 6) is -0.187. The van der Waals surface area contributed by atoms with Crippen molar-refractivity contribution in [3.63, 3.8) is 0 Å². The lowest BCUT2D eigenvalue weighted by Gasteiger charge is -2.05. The van der Waals surface area contributed by atoms with Crippen molar-refractivity contribution < 1.29 is 19.1 Å². The number of nitrogens with zero attached hydrogens (tertiary/aromatic N) is 1. The van der Waals surface area contributed by atoms with E-state index >= 15 is 0 Å². The summed E-state index contributed by atoms with van der Waals surface area (Å²) < 4.78 is 10.2.